The molecule has 1 saturated heterocycles. The molecule has 0 atom stereocenters. The van der Waals surface area contributed by atoms with E-state index in [0.29, 0.717) is 5.88 Å². The summed E-state index contributed by atoms with van der Waals surface area (Å²) in [6.45, 7) is 3.67. The van der Waals surface area contributed by atoms with Gasteiger partial charge in [0.1, 0.15) is 6.61 Å². The van der Waals surface area contributed by atoms with Gasteiger partial charge in [-0.1, -0.05) is 60.7 Å². The fraction of sp³-hybridized carbons (Fsp3) is 0.231. The second kappa shape index (κ2) is 10.6. The van der Waals surface area contributed by atoms with Gasteiger partial charge in [-0.25, -0.2) is 0 Å². The second-order valence-electron chi connectivity index (χ2n) is 8.35. The minimum Gasteiger partial charge on any atom is -0.470 e. The van der Waals surface area contributed by atoms with E-state index in [1.807, 2.05) is 0 Å². The van der Waals surface area contributed by atoms with Crippen molar-refractivity contribution in [2.24, 2.45) is 0 Å². The molecular formula is C26H25N5O3S. The third kappa shape index (κ3) is 5.31. The lowest BCUT2D eigenvalue weighted by Crippen LogP contribution is -2.48. The van der Waals surface area contributed by atoms with E-state index in [2.05, 4.69) is 79.2 Å². The lowest BCUT2D eigenvalue weighted by molar-refractivity contribution is -0.384. The van der Waals surface area contributed by atoms with E-state index in [0.717, 1.165) is 49.3 Å². The van der Waals surface area contributed by atoms with Crippen molar-refractivity contribution in [2.75, 3.05) is 31.1 Å². The molecule has 0 unspecified atom stereocenters. The molecule has 3 aromatic carbocycles. The molecular weight excluding hydrogens is 462 g/mol. The lowest BCUT2D eigenvalue weighted by atomic mass is 9.96. The van der Waals surface area contributed by atoms with Gasteiger partial charge in [-0.3, -0.25) is 15.0 Å². The van der Waals surface area contributed by atoms with Crippen molar-refractivity contribution >= 4 is 23.2 Å². The molecule has 0 aliphatic carbocycles. The monoisotopic (exact) mass is 487 g/mol. The van der Waals surface area contributed by atoms with E-state index in [1.165, 1.54) is 23.3 Å². The van der Waals surface area contributed by atoms with Crippen molar-refractivity contribution < 1.29 is 9.66 Å². The molecule has 0 saturated carbocycles. The van der Waals surface area contributed by atoms with Crippen LogP contribution in [-0.2, 0) is 6.61 Å². The number of anilines is 1. The maximum absolute atomic E-state index is 10.9. The highest BCUT2D eigenvalue weighted by Crippen LogP contribution is 2.32. The van der Waals surface area contributed by atoms with Crippen LogP contribution >= 0.6 is 11.7 Å². The molecule has 1 aliphatic heterocycles. The van der Waals surface area contributed by atoms with Gasteiger partial charge in [0, 0.05) is 38.3 Å². The van der Waals surface area contributed by atoms with E-state index in [1.54, 1.807) is 12.1 Å². The first-order valence-corrected chi connectivity index (χ1v) is 12.2. The molecule has 35 heavy (non-hydrogen) atoms. The predicted octanol–water partition coefficient (Wildman–Crippen LogP) is 4.94. The van der Waals surface area contributed by atoms with Gasteiger partial charge in [0.15, 0.2) is 0 Å². The van der Waals surface area contributed by atoms with Crippen LogP contribution in [0, 0.1) is 10.1 Å². The molecule has 0 N–H and O–H groups in total. The molecule has 4 aromatic rings. The molecule has 0 amide bonds. The number of non-ortho nitro benzene ring substituents is 1. The first kappa shape index (κ1) is 22.9. The Morgan fingerprint density at radius 1 is 0.857 bits per heavy atom. The Bertz CT molecular complexity index is 1200. The number of aromatic nitrogens is 2. The standard InChI is InChI=1S/C26H25N5O3S/c32-31(33)23-13-11-20(12-14-23)19-34-26-25(27-35-28-26)30-17-15-29(16-18-30)24(21-7-3-1-4-8-21)22-9-5-2-6-10-22/h1-14,24H,15-19H2. The van der Waals surface area contributed by atoms with Crippen LogP contribution in [0.15, 0.2) is 84.9 Å². The summed E-state index contributed by atoms with van der Waals surface area (Å²) in [6.07, 6.45) is 0. The maximum atomic E-state index is 10.9. The summed E-state index contributed by atoms with van der Waals surface area (Å²) in [5.41, 5.74) is 3.48. The number of nitrogens with zero attached hydrogens (tertiary/aromatic N) is 5. The molecule has 1 aromatic heterocycles. The average molecular weight is 488 g/mol. The number of benzene rings is 3. The molecule has 8 nitrogen and oxygen atoms in total. The highest BCUT2D eigenvalue weighted by Gasteiger charge is 2.28. The van der Waals surface area contributed by atoms with Gasteiger partial charge in [-0.15, -0.1) is 4.37 Å². The summed E-state index contributed by atoms with van der Waals surface area (Å²) in [4.78, 5) is 15.2. The van der Waals surface area contributed by atoms with E-state index < -0.39 is 4.92 Å². The SMILES string of the molecule is O=[N+]([O-])c1ccc(COc2nsnc2N2CCN(C(c3ccccc3)c3ccccc3)CC2)cc1. The molecule has 5 rings (SSSR count). The molecule has 178 valence electrons. The zero-order chi connectivity index (χ0) is 24.0. The first-order valence-electron chi connectivity index (χ1n) is 11.5. The van der Waals surface area contributed by atoms with Crippen molar-refractivity contribution in [3.63, 3.8) is 0 Å². The summed E-state index contributed by atoms with van der Waals surface area (Å²) >= 11 is 1.13. The third-order valence-corrected chi connectivity index (χ3v) is 6.68. The summed E-state index contributed by atoms with van der Waals surface area (Å²) in [6, 6.07) is 27.8. The Morgan fingerprint density at radius 3 is 2.03 bits per heavy atom. The molecule has 9 heteroatoms. The van der Waals surface area contributed by atoms with Gasteiger partial charge >= 0.3 is 0 Å². The fourth-order valence-corrected chi connectivity index (χ4v) is 4.92. The van der Waals surface area contributed by atoms with Crippen LogP contribution in [0.5, 0.6) is 5.88 Å². The van der Waals surface area contributed by atoms with Crippen LogP contribution in [0.4, 0.5) is 11.5 Å². The Morgan fingerprint density at radius 2 is 1.46 bits per heavy atom. The predicted molar refractivity (Wildman–Crippen MR) is 136 cm³/mol. The smallest absolute Gasteiger partial charge is 0.271 e. The van der Waals surface area contributed by atoms with Crippen molar-refractivity contribution in [3.8, 4) is 5.88 Å². The number of hydrogen-bond acceptors (Lipinski definition) is 8. The Labute approximate surface area is 207 Å². The summed E-state index contributed by atoms with van der Waals surface area (Å²) in [7, 11) is 0. The van der Waals surface area contributed by atoms with Gasteiger partial charge in [-0.2, -0.15) is 4.37 Å². The molecule has 1 fully saturated rings. The Hall–Kier alpha value is -3.82. The summed E-state index contributed by atoms with van der Waals surface area (Å²) in [5, 5.41) is 10.9. The molecule has 0 spiro atoms. The van der Waals surface area contributed by atoms with Crippen LogP contribution in [0.2, 0.25) is 0 Å². The lowest BCUT2D eigenvalue weighted by Gasteiger charge is -2.39. The topological polar surface area (TPSA) is 84.6 Å². The van der Waals surface area contributed by atoms with E-state index >= 15 is 0 Å². The molecule has 0 radical (unpaired) electrons. The van der Waals surface area contributed by atoms with E-state index in [9.17, 15) is 10.1 Å². The highest BCUT2D eigenvalue weighted by molar-refractivity contribution is 6.99. The quantitative estimate of drug-likeness (QED) is 0.257. The van der Waals surface area contributed by atoms with Gasteiger partial charge in [0.25, 0.3) is 11.6 Å². The van der Waals surface area contributed by atoms with Gasteiger partial charge in [0.2, 0.25) is 5.82 Å². The number of piperazine rings is 1. The number of ether oxygens (including phenoxy) is 1. The average Bonchev–Trinajstić information content (AvgIpc) is 3.38. The van der Waals surface area contributed by atoms with Gasteiger partial charge in [-0.05, 0) is 28.8 Å². The highest BCUT2D eigenvalue weighted by atomic mass is 32.1. The third-order valence-electron chi connectivity index (χ3n) is 6.17. The number of rotatable bonds is 8. The summed E-state index contributed by atoms with van der Waals surface area (Å²) < 4.78 is 14.8. The van der Waals surface area contributed by atoms with Crippen LogP contribution in [0.1, 0.15) is 22.7 Å². The van der Waals surface area contributed by atoms with Gasteiger partial charge < -0.3 is 9.64 Å². The Balaban J connectivity index is 1.25. The van der Waals surface area contributed by atoms with Crippen LogP contribution in [0.3, 0.4) is 0 Å². The minimum atomic E-state index is -0.410. The van der Waals surface area contributed by atoms with Gasteiger partial charge in [0.05, 0.1) is 22.7 Å². The van der Waals surface area contributed by atoms with Crippen molar-refractivity contribution in [2.45, 2.75) is 12.6 Å². The molecule has 2 heterocycles. The maximum Gasteiger partial charge on any atom is 0.271 e. The largest absolute Gasteiger partial charge is 0.470 e. The molecule has 0 bridgehead atoms. The van der Waals surface area contributed by atoms with Crippen molar-refractivity contribution in [1.82, 2.24) is 13.6 Å². The van der Waals surface area contributed by atoms with Crippen molar-refractivity contribution in [3.05, 3.63) is 112 Å². The first-order chi connectivity index (χ1) is 17.2. The van der Waals surface area contributed by atoms with E-state index in [4.69, 9.17) is 4.74 Å². The van der Waals surface area contributed by atoms with Crippen LogP contribution < -0.4 is 9.64 Å². The normalized spacial score (nSPS) is 14.3. The number of nitro groups is 1. The van der Waals surface area contributed by atoms with Crippen LogP contribution in [0.25, 0.3) is 0 Å². The molecule has 1 aliphatic rings. The number of hydrogen-bond donors (Lipinski definition) is 0. The Kier molecular flexibility index (Phi) is 6.97. The van der Waals surface area contributed by atoms with E-state index in [-0.39, 0.29) is 18.3 Å². The van der Waals surface area contributed by atoms with Crippen molar-refractivity contribution in [1.29, 1.82) is 0 Å². The minimum absolute atomic E-state index is 0.0620. The zero-order valence-corrected chi connectivity index (χ0v) is 19.9. The van der Waals surface area contributed by atoms with Crippen LogP contribution in [-0.4, -0.2) is 44.7 Å². The second-order valence-corrected chi connectivity index (χ2v) is 8.88. The zero-order valence-electron chi connectivity index (χ0n) is 19.1. The fourth-order valence-electron chi connectivity index (χ4n) is 4.40. The summed E-state index contributed by atoms with van der Waals surface area (Å²) in [5.74, 6) is 1.26. The number of nitro benzene ring substituents is 1.